The number of nitrogens with zero attached hydrogens (tertiary/aromatic N) is 1. The number of sulfone groups is 1. The average Bonchev–Trinajstić information content (AvgIpc) is 2.67. The summed E-state index contributed by atoms with van der Waals surface area (Å²) in [4.78, 5) is 42.5. The van der Waals surface area contributed by atoms with Crippen LogP contribution in [0, 0.1) is 0 Å². The summed E-state index contributed by atoms with van der Waals surface area (Å²) in [7, 11) is -7.82. The summed E-state index contributed by atoms with van der Waals surface area (Å²) < 4.78 is 61.0. The molecule has 1 aromatic carbocycles. The second kappa shape index (κ2) is 10.5. The lowest BCUT2D eigenvalue weighted by Gasteiger charge is -2.27. The second-order valence-electron chi connectivity index (χ2n) is 9.68. The topological polar surface area (TPSA) is 162 Å². The molecule has 0 bridgehead atoms. The van der Waals surface area contributed by atoms with Crippen LogP contribution in [0.25, 0.3) is 0 Å². The number of carbonyl (C=O) groups is 3. The molecule has 12 nitrogen and oxygen atoms in total. The lowest BCUT2D eigenvalue weighted by atomic mass is 10.1. The fourth-order valence-corrected chi connectivity index (χ4v) is 5.14. The summed E-state index contributed by atoms with van der Waals surface area (Å²) in [5, 5.41) is 0. The van der Waals surface area contributed by atoms with Crippen LogP contribution < -0.4 is 4.89 Å². The van der Waals surface area contributed by atoms with Crippen LogP contribution in [0.2, 0.25) is 0 Å². The monoisotopic (exact) mass is 536 g/mol. The fourth-order valence-electron chi connectivity index (χ4n) is 2.48. The van der Waals surface area contributed by atoms with Crippen LogP contribution >= 0.6 is 0 Å². The molecule has 35 heavy (non-hydrogen) atoms. The SMILES string of the molecule is C[C@@H](C(=O)ONS(=O)(=O)c1cccc(C(=O)OC(C)(C)C)c1S(C)(=O)=O)N(C)C(=O)OC(C)(C)C. The molecule has 1 atom stereocenters. The normalized spacial score (nSPS) is 13.5. The number of rotatable bonds is 7. The minimum atomic E-state index is -4.79. The van der Waals surface area contributed by atoms with E-state index in [9.17, 15) is 31.2 Å². The number of nitrogens with one attached hydrogen (secondary N) is 1. The van der Waals surface area contributed by atoms with E-state index in [1.165, 1.54) is 14.0 Å². The summed E-state index contributed by atoms with van der Waals surface area (Å²) in [6.45, 7) is 10.8. The van der Waals surface area contributed by atoms with E-state index in [2.05, 4.69) is 4.84 Å². The molecule has 0 aliphatic rings. The number of sulfonamides is 1. The zero-order valence-electron chi connectivity index (χ0n) is 21.2. The lowest BCUT2D eigenvalue weighted by Crippen LogP contribution is -2.45. The number of amides is 1. The molecule has 0 saturated heterocycles. The Balaban J connectivity index is 3.25. The predicted octanol–water partition coefficient (Wildman–Crippen LogP) is 2.04. The number of benzene rings is 1. The molecule has 0 spiro atoms. The summed E-state index contributed by atoms with van der Waals surface area (Å²) in [6.07, 6.45) is -0.131. The molecule has 1 aromatic rings. The van der Waals surface area contributed by atoms with Gasteiger partial charge >= 0.3 is 18.0 Å². The number of esters is 1. The van der Waals surface area contributed by atoms with Gasteiger partial charge in [0.15, 0.2) is 9.84 Å². The van der Waals surface area contributed by atoms with E-state index in [1.54, 1.807) is 46.4 Å². The number of hydrogen-bond donors (Lipinski definition) is 1. The average molecular weight is 537 g/mol. The molecule has 198 valence electrons. The lowest BCUT2D eigenvalue weighted by molar-refractivity contribution is -0.152. The summed E-state index contributed by atoms with van der Waals surface area (Å²) in [6, 6.07) is 1.91. The largest absolute Gasteiger partial charge is 0.456 e. The first-order chi connectivity index (χ1) is 15.6. The molecule has 0 fully saturated rings. The van der Waals surface area contributed by atoms with Crippen LogP contribution in [0.4, 0.5) is 4.79 Å². The molecule has 0 aliphatic carbocycles. The van der Waals surface area contributed by atoms with Gasteiger partial charge in [0.2, 0.25) is 0 Å². The van der Waals surface area contributed by atoms with Gasteiger partial charge in [0.05, 0.1) is 5.56 Å². The quantitative estimate of drug-likeness (QED) is 0.310. The highest BCUT2D eigenvalue weighted by Crippen LogP contribution is 2.27. The van der Waals surface area contributed by atoms with E-state index in [-0.39, 0.29) is 0 Å². The molecule has 1 amide bonds. The van der Waals surface area contributed by atoms with Gasteiger partial charge in [0.1, 0.15) is 27.0 Å². The standard InChI is InChI=1S/C21H32N2O10S2/c1-13(23(8)19(26)32-21(5,6)7)17(24)33-22-35(29,30)15-12-10-11-14(16(15)34(9,27)28)18(25)31-20(2,3)4/h10-13,22H,1-9H3/t13-/m0/s1. The van der Waals surface area contributed by atoms with Crippen molar-refractivity contribution in [3.8, 4) is 0 Å². The fraction of sp³-hybridized carbons (Fsp3) is 0.571. The molecule has 0 aromatic heterocycles. The van der Waals surface area contributed by atoms with E-state index in [1.807, 2.05) is 0 Å². The van der Waals surface area contributed by atoms with E-state index in [0.29, 0.717) is 0 Å². The maximum Gasteiger partial charge on any atom is 0.410 e. The highest BCUT2D eigenvalue weighted by atomic mass is 32.2. The Morgan fingerprint density at radius 1 is 0.943 bits per heavy atom. The van der Waals surface area contributed by atoms with Crippen molar-refractivity contribution in [1.82, 2.24) is 9.79 Å². The smallest absolute Gasteiger partial charge is 0.410 e. The minimum absolute atomic E-state index is 0.505. The number of hydrogen-bond acceptors (Lipinski definition) is 10. The van der Waals surface area contributed by atoms with Crippen molar-refractivity contribution >= 4 is 37.9 Å². The first kappa shape index (κ1) is 30.3. The third kappa shape index (κ3) is 8.78. The van der Waals surface area contributed by atoms with Crippen molar-refractivity contribution in [1.29, 1.82) is 0 Å². The molecular formula is C21H32N2O10S2. The highest BCUT2D eigenvalue weighted by Gasteiger charge is 2.33. The maximum atomic E-state index is 12.9. The number of ether oxygens (including phenoxy) is 2. The van der Waals surface area contributed by atoms with Crippen molar-refractivity contribution in [3.05, 3.63) is 23.8 Å². The van der Waals surface area contributed by atoms with Gasteiger partial charge in [-0.25, -0.2) is 31.2 Å². The molecule has 0 aliphatic heterocycles. The third-order valence-electron chi connectivity index (χ3n) is 4.11. The van der Waals surface area contributed by atoms with Gasteiger partial charge in [-0.1, -0.05) is 6.07 Å². The van der Waals surface area contributed by atoms with Crippen LogP contribution in [0.5, 0.6) is 0 Å². The third-order valence-corrected chi connectivity index (χ3v) is 6.65. The highest BCUT2D eigenvalue weighted by molar-refractivity contribution is 7.93. The van der Waals surface area contributed by atoms with E-state index >= 15 is 0 Å². The molecule has 1 rings (SSSR count). The minimum Gasteiger partial charge on any atom is -0.456 e. The van der Waals surface area contributed by atoms with Gasteiger partial charge in [-0.05, 0) is 65.5 Å². The van der Waals surface area contributed by atoms with Gasteiger partial charge in [-0.2, -0.15) is 0 Å². The van der Waals surface area contributed by atoms with Crippen molar-refractivity contribution in [3.63, 3.8) is 0 Å². The molecule has 0 saturated carbocycles. The van der Waals surface area contributed by atoms with Gasteiger partial charge in [-0.3, -0.25) is 4.90 Å². The zero-order valence-corrected chi connectivity index (χ0v) is 22.8. The Bertz CT molecular complexity index is 1190. The molecule has 0 unspecified atom stereocenters. The Labute approximate surface area is 205 Å². The molecular weight excluding hydrogens is 504 g/mol. The summed E-state index contributed by atoms with van der Waals surface area (Å²) >= 11 is 0. The van der Waals surface area contributed by atoms with Crippen LogP contribution in [0.15, 0.2) is 28.0 Å². The van der Waals surface area contributed by atoms with Crippen molar-refractivity contribution in [2.24, 2.45) is 0 Å². The van der Waals surface area contributed by atoms with Crippen molar-refractivity contribution in [2.45, 2.75) is 75.5 Å². The van der Waals surface area contributed by atoms with Crippen molar-refractivity contribution in [2.75, 3.05) is 13.3 Å². The first-order valence-electron chi connectivity index (χ1n) is 10.3. The van der Waals surface area contributed by atoms with Crippen LogP contribution in [0.1, 0.15) is 58.8 Å². The van der Waals surface area contributed by atoms with Crippen LogP contribution in [-0.4, -0.2) is 70.3 Å². The zero-order chi connectivity index (χ0) is 27.6. The molecule has 0 heterocycles. The second-order valence-corrected chi connectivity index (χ2v) is 13.2. The number of carbonyl (C=O) groups excluding carboxylic acids is 3. The number of likely N-dealkylation sites (N-methyl/N-ethyl adjacent to an activating group) is 1. The van der Waals surface area contributed by atoms with Gasteiger partial charge in [0.25, 0.3) is 10.0 Å². The first-order valence-corrected chi connectivity index (χ1v) is 13.7. The Hall–Kier alpha value is -2.71. The van der Waals surface area contributed by atoms with E-state index in [0.717, 1.165) is 29.4 Å². The van der Waals surface area contributed by atoms with E-state index < -0.39 is 70.5 Å². The Morgan fingerprint density at radius 3 is 1.91 bits per heavy atom. The molecule has 0 radical (unpaired) electrons. The molecule has 1 N–H and O–H groups in total. The maximum absolute atomic E-state index is 12.9. The van der Waals surface area contributed by atoms with Crippen molar-refractivity contribution < 1.29 is 45.5 Å². The predicted molar refractivity (Wildman–Crippen MR) is 125 cm³/mol. The molecule has 14 heteroatoms. The summed E-state index contributed by atoms with van der Waals surface area (Å²) in [5.41, 5.74) is -2.32. The summed E-state index contributed by atoms with van der Waals surface area (Å²) in [5.74, 6) is -2.23. The van der Waals surface area contributed by atoms with E-state index in [4.69, 9.17) is 9.47 Å². The van der Waals surface area contributed by atoms with Crippen LogP contribution in [-0.2, 0) is 39.0 Å². The Morgan fingerprint density at radius 2 is 1.46 bits per heavy atom. The van der Waals surface area contributed by atoms with Crippen LogP contribution in [0.3, 0.4) is 0 Å². The van der Waals surface area contributed by atoms with Gasteiger partial charge in [0, 0.05) is 13.3 Å². The van der Waals surface area contributed by atoms with Gasteiger partial charge in [-0.15, -0.1) is 0 Å². The Kier molecular flexibility index (Phi) is 9.10. The van der Waals surface area contributed by atoms with Gasteiger partial charge < -0.3 is 14.3 Å².